The highest BCUT2D eigenvalue weighted by Crippen LogP contribution is 2.34. The normalized spacial score (nSPS) is 19.7. The number of aryl methyl sites for hydroxylation is 1. The SMILES string of the molecule is Cc1ccsc1C(=O)N[C@H]1CC[C@@H](Nc2cc(C(F)(F)F)nc3ccccc23)CC[Si]1. The maximum absolute atomic E-state index is 13.3. The molecule has 0 unspecified atom stereocenters. The van der Waals surface area contributed by atoms with E-state index in [0.29, 0.717) is 26.1 Å². The van der Waals surface area contributed by atoms with Crippen LogP contribution in [-0.4, -0.2) is 32.1 Å². The lowest BCUT2D eigenvalue weighted by Gasteiger charge is -2.21. The number of benzene rings is 1. The third kappa shape index (κ3) is 5.09. The van der Waals surface area contributed by atoms with Crippen molar-refractivity contribution < 1.29 is 18.0 Å². The van der Waals surface area contributed by atoms with Gasteiger partial charge in [0.25, 0.3) is 5.91 Å². The number of rotatable bonds is 4. The summed E-state index contributed by atoms with van der Waals surface area (Å²) in [5, 5.41) is 9.07. The molecule has 0 spiro atoms. The van der Waals surface area contributed by atoms with Crippen LogP contribution in [0.15, 0.2) is 41.8 Å². The van der Waals surface area contributed by atoms with Crippen molar-refractivity contribution in [2.24, 2.45) is 0 Å². The van der Waals surface area contributed by atoms with Crippen LogP contribution in [0.1, 0.15) is 40.2 Å². The van der Waals surface area contributed by atoms with Crippen LogP contribution in [0.25, 0.3) is 10.9 Å². The highest BCUT2D eigenvalue weighted by Gasteiger charge is 2.33. The standard InChI is InChI=1S/C22H22F3N3OSSi/c1-13-8-10-30-20(13)21(29)28-19-7-6-14(9-11-31-19)26-17-12-18(22(23,24)25)27-16-5-3-2-4-15(16)17/h2-5,8,10,12,14,19H,6-7,9,11H2,1H3,(H,26,27)(H,28,29)/t14-,19-/m1/s1. The molecule has 2 N–H and O–H groups in total. The number of carbonyl (C=O) groups excluding carboxylic acids is 1. The number of nitrogens with one attached hydrogen (secondary N) is 2. The van der Waals surface area contributed by atoms with Gasteiger partial charge < -0.3 is 10.6 Å². The molecule has 0 bridgehead atoms. The topological polar surface area (TPSA) is 54.0 Å². The Bertz CT molecular complexity index is 1090. The molecular weight excluding hydrogens is 439 g/mol. The average Bonchev–Trinajstić information content (AvgIpc) is 3.04. The Morgan fingerprint density at radius 1 is 1.19 bits per heavy atom. The highest BCUT2D eigenvalue weighted by molar-refractivity contribution is 7.12. The van der Waals surface area contributed by atoms with Gasteiger partial charge in [0.05, 0.1) is 19.9 Å². The van der Waals surface area contributed by atoms with Gasteiger partial charge in [0.15, 0.2) is 0 Å². The number of carbonyl (C=O) groups is 1. The summed E-state index contributed by atoms with van der Waals surface area (Å²) in [6.07, 6.45) is -2.08. The van der Waals surface area contributed by atoms with Gasteiger partial charge in [-0.3, -0.25) is 4.79 Å². The molecule has 0 aliphatic carbocycles. The fourth-order valence-electron chi connectivity index (χ4n) is 3.80. The van der Waals surface area contributed by atoms with Gasteiger partial charge in [-0.2, -0.15) is 13.2 Å². The third-order valence-electron chi connectivity index (χ3n) is 5.43. The van der Waals surface area contributed by atoms with Gasteiger partial charge in [-0.15, -0.1) is 11.3 Å². The second kappa shape index (κ2) is 9.00. The minimum absolute atomic E-state index is 0.0358. The Kier molecular flexibility index (Phi) is 6.33. The number of alkyl halides is 3. The molecule has 1 aromatic carbocycles. The maximum Gasteiger partial charge on any atom is 0.433 e. The molecule has 1 aliphatic heterocycles. The molecule has 162 valence electrons. The van der Waals surface area contributed by atoms with Crippen LogP contribution in [0.4, 0.5) is 18.9 Å². The van der Waals surface area contributed by atoms with Crippen LogP contribution >= 0.6 is 11.3 Å². The molecule has 1 aliphatic rings. The zero-order valence-corrected chi connectivity index (χ0v) is 18.7. The molecule has 3 aromatic rings. The zero-order chi connectivity index (χ0) is 22.0. The van der Waals surface area contributed by atoms with Gasteiger partial charge in [-0.05, 0) is 55.3 Å². The first-order chi connectivity index (χ1) is 14.8. The largest absolute Gasteiger partial charge is 0.433 e. The van der Waals surface area contributed by atoms with Crippen molar-refractivity contribution in [1.82, 2.24) is 10.3 Å². The molecule has 1 saturated heterocycles. The number of amides is 1. The first kappa shape index (κ1) is 21.8. The van der Waals surface area contributed by atoms with Crippen molar-refractivity contribution in [3.8, 4) is 0 Å². The van der Waals surface area contributed by atoms with E-state index in [1.165, 1.54) is 11.3 Å². The molecule has 9 heteroatoms. The Hall–Kier alpha value is -2.39. The lowest BCUT2D eigenvalue weighted by atomic mass is 10.1. The Morgan fingerprint density at radius 2 is 2.00 bits per heavy atom. The Morgan fingerprint density at radius 3 is 2.74 bits per heavy atom. The van der Waals surface area contributed by atoms with E-state index in [9.17, 15) is 18.0 Å². The minimum atomic E-state index is -4.50. The van der Waals surface area contributed by atoms with Crippen LogP contribution in [0.3, 0.4) is 0 Å². The van der Waals surface area contributed by atoms with Crippen LogP contribution in [0, 0.1) is 6.92 Å². The Labute approximate surface area is 185 Å². The van der Waals surface area contributed by atoms with Crippen molar-refractivity contribution in [2.75, 3.05) is 5.32 Å². The van der Waals surface area contributed by atoms with Crippen molar-refractivity contribution in [3.05, 3.63) is 57.9 Å². The van der Waals surface area contributed by atoms with E-state index < -0.39 is 11.9 Å². The molecule has 0 saturated carbocycles. The molecular formula is C22H22F3N3OSSi. The molecule has 2 aromatic heterocycles. The predicted octanol–water partition coefficient (Wildman–Crippen LogP) is 5.47. The molecule has 4 rings (SSSR count). The molecule has 2 atom stereocenters. The molecule has 3 heterocycles. The minimum Gasteiger partial charge on any atom is -0.382 e. The zero-order valence-electron chi connectivity index (χ0n) is 16.9. The number of nitrogens with zero attached hydrogens (tertiary/aromatic N) is 1. The first-order valence-corrected chi connectivity index (χ1v) is 12.3. The summed E-state index contributed by atoms with van der Waals surface area (Å²) in [6.45, 7) is 1.93. The number of pyridine rings is 1. The quantitative estimate of drug-likeness (QED) is 0.507. The number of thiophene rings is 1. The fourth-order valence-corrected chi connectivity index (χ4v) is 6.10. The van der Waals surface area contributed by atoms with E-state index in [1.54, 1.807) is 24.3 Å². The first-order valence-electron chi connectivity index (χ1n) is 10.1. The highest BCUT2D eigenvalue weighted by atomic mass is 32.1. The summed E-state index contributed by atoms with van der Waals surface area (Å²) in [7, 11) is 0.587. The summed E-state index contributed by atoms with van der Waals surface area (Å²) in [4.78, 5) is 17.1. The monoisotopic (exact) mass is 461 g/mol. The van der Waals surface area contributed by atoms with Crippen molar-refractivity contribution >= 4 is 43.4 Å². The summed E-state index contributed by atoms with van der Waals surface area (Å²) < 4.78 is 40.0. The summed E-state index contributed by atoms with van der Waals surface area (Å²) in [5.74, 6) is -0.0358. The fraction of sp³-hybridized carbons (Fsp3) is 0.364. The number of anilines is 1. The molecule has 2 radical (unpaired) electrons. The van der Waals surface area contributed by atoms with Crippen molar-refractivity contribution in [2.45, 2.75) is 50.1 Å². The number of aromatic nitrogens is 1. The number of hydrogen-bond acceptors (Lipinski definition) is 4. The number of fused-ring (bicyclic) bond motifs is 1. The number of para-hydroxylation sites is 1. The average molecular weight is 462 g/mol. The summed E-state index contributed by atoms with van der Waals surface area (Å²) in [5.41, 5.74) is 0.972. The Balaban J connectivity index is 1.46. The van der Waals surface area contributed by atoms with Crippen LogP contribution in [0.2, 0.25) is 6.04 Å². The number of halogens is 3. The van der Waals surface area contributed by atoms with Crippen LogP contribution in [-0.2, 0) is 6.18 Å². The van der Waals surface area contributed by atoms with Crippen molar-refractivity contribution in [1.29, 1.82) is 0 Å². The van der Waals surface area contributed by atoms with Gasteiger partial charge in [-0.25, -0.2) is 4.98 Å². The van der Waals surface area contributed by atoms with Gasteiger partial charge in [0.1, 0.15) is 5.69 Å². The second-order valence-electron chi connectivity index (χ2n) is 7.69. The van der Waals surface area contributed by atoms with E-state index in [1.807, 2.05) is 18.4 Å². The maximum atomic E-state index is 13.3. The van der Waals surface area contributed by atoms with Crippen LogP contribution in [0.5, 0.6) is 0 Å². The van der Waals surface area contributed by atoms with Crippen molar-refractivity contribution in [3.63, 3.8) is 0 Å². The van der Waals surface area contributed by atoms with Gasteiger partial charge in [0, 0.05) is 22.8 Å². The predicted molar refractivity (Wildman–Crippen MR) is 119 cm³/mol. The van der Waals surface area contributed by atoms with E-state index in [2.05, 4.69) is 15.6 Å². The molecule has 1 fully saturated rings. The van der Waals surface area contributed by atoms with Gasteiger partial charge >= 0.3 is 6.18 Å². The lowest BCUT2D eigenvalue weighted by molar-refractivity contribution is -0.140. The van der Waals surface area contributed by atoms with E-state index in [-0.39, 0.29) is 17.6 Å². The van der Waals surface area contributed by atoms with Crippen LogP contribution < -0.4 is 10.6 Å². The lowest BCUT2D eigenvalue weighted by Crippen LogP contribution is -2.38. The smallest absolute Gasteiger partial charge is 0.382 e. The molecule has 4 nitrogen and oxygen atoms in total. The van der Waals surface area contributed by atoms with Gasteiger partial charge in [-0.1, -0.05) is 24.2 Å². The molecule has 31 heavy (non-hydrogen) atoms. The van der Waals surface area contributed by atoms with E-state index >= 15 is 0 Å². The third-order valence-corrected chi connectivity index (χ3v) is 7.95. The molecule has 1 amide bonds. The summed E-state index contributed by atoms with van der Waals surface area (Å²) >= 11 is 1.44. The summed E-state index contributed by atoms with van der Waals surface area (Å²) in [6, 6.07) is 10.9. The number of hydrogen-bond donors (Lipinski definition) is 2. The second-order valence-corrected chi connectivity index (χ2v) is 10.2. The van der Waals surface area contributed by atoms with E-state index in [0.717, 1.165) is 41.8 Å². The van der Waals surface area contributed by atoms with E-state index in [4.69, 9.17) is 0 Å². The van der Waals surface area contributed by atoms with Gasteiger partial charge in [0.2, 0.25) is 0 Å².